The van der Waals surface area contributed by atoms with Crippen LogP contribution in [0.25, 0.3) is 21.8 Å². The Morgan fingerprint density at radius 2 is 1.90 bits per heavy atom. The van der Waals surface area contributed by atoms with Crippen LogP contribution in [-0.2, 0) is 0 Å². The largest absolute Gasteiger partial charge is 0.306 e. The molecule has 0 aliphatic heterocycles. The molecule has 0 atom stereocenters. The Morgan fingerprint density at radius 1 is 1.06 bits per heavy atom. The molecule has 8 heteroatoms. The first-order chi connectivity index (χ1) is 14.9. The second-order valence-corrected chi connectivity index (χ2v) is 8.17. The second-order valence-electron chi connectivity index (χ2n) is 7.14. The lowest BCUT2D eigenvalue weighted by atomic mass is 10.1. The fourth-order valence-electron chi connectivity index (χ4n) is 3.01. The van der Waals surface area contributed by atoms with Gasteiger partial charge < -0.3 is 5.32 Å². The van der Waals surface area contributed by atoms with Gasteiger partial charge in [-0.05, 0) is 42.3 Å². The van der Waals surface area contributed by atoms with E-state index in [0.717, 1.165) is 38.8 Å². The molecule has 0 saturated heterocycles. The topological polar surface area (TPSA) is 67.8 Å². The Bertz CT molecular complexity index is 1220. The quantitative estimate of drug-likeness (QED) is 0.422. The lowest BCUT2D eigenvalue weighted by Crippen LogP contribution is -2.14. The van der Waals surface area contributed by atoms with Crippen molar-refractivity contribution >= 4 is 23.1 Å². The zero-order chi connectivity index (χ0) is 22.0. The summed E-state index contributed by atoms with van der Waals surface area (Å²) in [4.78, 5) is 26.6. The van der Waals surface area contributed by atoms with Crippen molar-refractivity contribution in [1.82, 2.24) is 15.0 Å². The van der Waals surface area contributed by atoms with E-state index in [-0.39, 0.29) is 17.3 Å². The van der Waals surface area contributed by atoms with E-state index in [9.17, 15) is 13.6 Å². The standard InChI is InChI=1S/C23H18F2N4OS/c1-13(2)21-20(29-23(31-21)15-4-3-9-26-11-15)14-5-8-19(27-12-14)28-22(30)17-7-6-16(24)10-18(17)25/h3-13H,1-2H3,(H,27,28,30). The Balaban J connectivity index is 1.59. The van der Waals surface area contributed by atoms with Gasteiger partial charge in [0.05, 0.1) is 11.3 Å². The number of thiazole rings is 1. The number of hydrogen-bond donors (Lipinski definition) is 1. The predicted molar refractivity (Wildman–Crippen MR) is 117 cm³/mol. The Kier molecular flexibility index (Phi) is 5.81. The zero-order valence-electron chi connectivity index (χ0n) is 16.8. The van der Waals surface area contributed by atoms with Crippen molar-refractivity contribution in [3.8, 4) is 21.8 Å². The number of amides is 1. The number of halogens is 2. The van der Waals surface area contributed by atoms with Crippen molar-refractivity contribution in [2.45, 2.75) is 19.8 Å². The second kappa shape index (κ2) is 8.69. The Morgan fingerprint density at radius 3 is 2.55 bits per heavy atom. The first kappa shape index (κ1) is 20.7. The van der Waals surface area contributed by atoms with Crippen molar-refractivity contribution in [1.29, 1.82) is 0 Å². The van der Waals surface area contributed by atoms with Crippen LogP contribution in [0.3, 0.4) is 0 Å². The maximum absolute atomic E-state index is 13.8. The fraction of sp³-hybridized carbons (Fsp3) is 0.130. The Labute approximate surface area is 181 Å². The van der Waals surface area contributed by atoms with E-state index in [2.05, 4.69) is 29.1 Å². The number of hydrogen-bond acceptors (Lipinski definition) is 5. The van der Waals surface area contributed by atoms with E-state index in [1.165, 1.54) is 0 Å². The predicted octanol–water partition coefficient (Wildman–Crippen LogP) is 5.92. The molecule has 0 unspecified atom stereocenters. The molecule has 4 aromatic rings. The van der Waals surface area contributed by atoms with Gasteiger partial charge in [0.2, 0.25) is 0 Å². The third-order valence-corrected chi connectivity index (χ3v) is 5.95. The lowest BCUT2D eigenvalue weighted by Gasteiger charge is -2.08. The summed E-state index contributed by atoms with van der Waals surface area (Å²) in [6.45, 7) is 4.20. The molecule has 3 aromatic heterocycles. The molecule has 156 valence electrons. The number of nitrogens with zero attached hydrogens (tertiary/aromatic N) is 3. The minimum absolute atomic E-state index is 0.255. The van der Waals surface area contributed by atoms with E-state index < -0.39 is 17.5 Å². The van der Waals surface area contributed by atoms with Gasteiger partial charge in [-0.15, -0.1) is 11.3 Å². The van der Waals surface area contributed by atoms with E-state index >= 15 is 0 Å². The van der Waals surface area contributed by atoms with Crippen LogP contribution in [-0.4, -0.2) is 20.9 Å². The molecule has 0 spiro atoms. The molecule has 0 aliphatic rings. The van der Waals surface area contributed by atoms with E-state index in [1.807, 2.05) is 12.1 Å². The molecule has 1 N–H and O–H groups in total. The van der Waals surface area contributed by atoms with Crippen molar-refractivity contribution in [2.24, 2.45) is 0 Å². The molecule has 1 amide bonds. The highest BCUT2D eigenvalue weighted by molar-refractivity contribution is 7.15. The van der Waals surface area contributed by atoms with Gasteiger partial charge in [-0.25, -0.2) is 18.7 Å². The van der Waals surface area contributed by atoms with E-state index in [4.69, 9.17) is 4.98 Å². The van der Waals surface area contributed by atoms with E-state index in [0.29, 0.717) is 6.07 Å². The molecule has 0 bridgehead atoms. The van der Waals surface area contributed by atoms with Crippen molar-refractivity contribution < 1.29 is 13.6 Å². The molecule has 5 nitrogen and oxygen atoms in total. The highest BCUT2D eigenvalue weighted by Crippen LogP contribution is 2.37. The molecule has 31 heavy (non-hydrogen) atoms. The van der Waals surface area contributed by atoms with Gasteiger partial charge in [0, 0.05) is 40.7 Å². The molecule has 0 radical (unpaired) electrons. The number of anilines is 1. The van der Waals surface area contributed by atoms with Crippen LogP contribution >= 0.6 is 11.3 Å². The smallest absolute Gasteiger partial charge is 0.259 e. The summed E-state index contributed by atoms with van der Waals surface area (Å²) in [5, 5.41) is 3.40. The van der Waals surface area contributed by atoms with Crippen LogP contribution < -0.4 is 5.32 Å². The fourth-order valence-corrected chi connectivity index (χ4v) is 4.09. The van der Waals surface area contributed by atoms with Crippen molar-refractivity contribution in [3.05, 3.63) is 83.1 Å². The lowest BCUT2D eigenvalue weighted by molar-refractivity contribution is 0.102. The normalized spacial score (nSPS) is 11.0. The minimum atomic E-state index is -0.930. The van der Waals surface area contributed by atoms with Gasteiger partial charge in [-0.1, -0.05) is 13.8 Å². The van der Waals surface area contributed by atoms with Crippen LogP contribution in [0, 0.1) is 11.6 Å². The average molecular weight is 436 g/mol. The number of carbonyl (C=O) groups excluding carboxylic acids is 1. The number of rotatable bonds is 5. The maximum Gasteiger partial charge on any atom is 0.259 e. The van der Waals surface area contributed by atoms with Crippen molar-refractivity contribution in [3.63, 3.8) is 0 Å². The summed E-state index contributed by atoms with van der Waals surface area (Å²) in [7, 11) is 0. The van der Waals surface area contributed by atoms with Crippen LogP contribution in [0.5, 0.6) is 0 Å². The van der Waals surface area contributed by atoms with Gasteiger partial charge in [0.15, 0.2) is 0 Å². The molecule has 1 aromatic carbocycles. The molecular weight excluding hydrogens is 418 g/mol. The Hall–Kier alpha value is -3.52. The molecule has 3 heterocycles. The summed E-state index contributed by atoms with van der Waals surface area (Å²) >= 11 is 1.61. The number of pyridine rings is 2. The van der Waals surface area contributed by atoms with Gasteiger partial charge in [-0.2, -0.15) is 0 Å². The highest BCUT2D eigenvalue weighted by Gasteiger charge is 2.18. The monoisotopic (exact) mass is 436 g/mol. The van der Waals surface area contributed by atoms with Gasteiger partial charge in [-0.3, -0.25) is 9.78 Å². The highest BCUT2D eigenvalue weighted by atomic mass is 32.1. The third-order valence-electron chi connectivity index (χ3n) is 4.54. The first-order valence-corrected chi connectivity index (χ1v) is 10.4. The molecule has 0 aliphatic carbocycles. The van der Waals surface area contributed by atoms with E-state index in [1.54, 1.807) is 42.1 Å². The molecule has 0 saturated carbocycles. The van der Waals surface area contributed by atoms with Gasteiger partial charge in [0.1, 0.15) is 22.5 Å². The van der Waals surface area contributed by atoms with Crippen LogP contribution in [0.1, 0.15) is 35.0 Å². The summed E-state index contributed by atoms with van der Waals surface area (Å²) in [5.41, 5.74) is 2.32. The summed E-state index contributed by atoms with van der Waals surface area (Å²) in [6.07, 6.45) is 5.11. The number of nitrogens with one attached hydrogen (secondary N) is 1. The number of aromatic nitrogens is 3. The summed E-state index contributed by atoms with van der Waals surface area (Å²) in [5.74, 6) is -1.86. The molecule has 4 rings (SSSR count). The SMILES string of the molecule is CC(C)c1sc(-c2cccnc2)nc1-c1ccc(NC(=O)c2ccc(F)cc2F)nc1. The van der Waals surface area contributed by atoms with Crippen molar-refractivity contribution in [2.75, 3.05) is 5.32 Å². The van der Waals surface area contributed by atoms with Crippen LogP contribution in [0.4, 0.5) is 14.6 Å². The van der Waals surface area contributed by atoms with Crippen LogP contribution in [0.2, 0.25) is 0 Å². The number of benzene rings is 1. The minimum Gasteiger partial charge on any atom is -0.306 e. The third kappa shape index (κ3) is 4.49. The summed E-state index contributed by atoms with van der Waals surface area (Å²) < 4.78 is 26.9. The summed E-state index contributed by atoms with van der Waals surface area (Å²) in [6, 6.07) is 10.1. The maximum atomic E-state index is 13.8. The van der Waals surface area contributed by atoms with Gasteiger partial charge in [0.25, 0.3) is 5.91 Å². The van der Waals surface area contributed by atoms with Gasteiger partial charge >= 0.3 is 0 Å². The van der Waals surface area contributed by atoms with Crippen LogP contribution in [0.15, 0.2) is 61.1 Å². The first-order valence-electron chi connectivity index (χ1n) is 9.56. The zero-order valence-corrected chi connectivity index (χ0v) is 17.6. The average Bonchev–Trinajstić information content (AvgIpc) is 3.21. The molecular formula is C23H18F2N4OS. The molecule has 0 fully saturated rings. The number of carbonyl (C=O) groups is 1.